The molecule has 0 spiro atoms. The highest BCUT2D eigenvalue weighted by Gasteiger charge is 2.15. The van der Waals surface area contributed by atoms with Crippen LogP contribution < -0.4 is 0 Å². The molecule has 1 unspecified atom stereocenters. The molecule has 0 aromatic rings. The van der Waals surface area contributed by atoms with Gasteiger partial charge in [-0.05, 0) is 0 Å². The van der Waals surface area contributed by atoms with Crippen LogP contribution in [0.4, 0.5) is 0 Å². The molecule has 0 saturated carbocycles. The molecule has 0 saturated heterocycles. The Morgan fingerprint density at radius 3 is 3.22 bits per heavy atom. The zero-order valence-corrected chi connectivity index (χ0v) is 5.46. The first-order valence-corrected chi connectivity index (χ1v) is 2.85. The third kappa shape index (κ3) is 1.20. The van der Waals surface area contributed by atoms with Gasteiger partial charge in [0, 0.05) is 12.7 Å². The summed E-state index contributed by atoms with van der Waals surface area (Å²) < 4.78 is 10.1. The minimum Gasteiger partial charge on any atom is -0.352 e. The summed E-state index contributed by atoms with van der Waals surface area (Å²) in [6.45, 7) is 4.25. The molecule has 0 bridgehead atoms. The SMILES string of the molecule is C=CC1=CCOC1OC. The number of methoxy groups -OCH3 is 1. The Bertz CT molecular complexity index is 138. The van der Waals surface area contributed by atoms with E-state index in [-0.39, 0.29) is 6.29 Å². The predicted octanol–water partition coefficient (Wildman–Crippen LogP) is 1.10. The maximum absolute atomic E-state index is 5.12. The van der Waals surface area contributed by atoms with Gasteiger partial charge in [-0.3, -0.25) is 0 Å². The Kier molecular flexibility index (Phi) is 2.03. The maximum Gasteiger partial charge on any atom is 0.183 e. The topological polar surface area (TPSA) is 18.5 Å². The van der Waals surface area contributed by atoms with E-state index in [4.69, 9.17) is 9.47 Å². The molecule has 2 nitrogen and oxygen atoms in total. The van der Waals surface area contributed by atoms with Gasteiger partial charge in [0.1, 0.15) is 0 Å². The Morgan fingerprint density at radius 2 is 2.78 bits per heavy atom. The van der Waals surface area contributed by atoms with Gasteiger partial charge in [0.05, 0.1) is 6.61 Å². The average molecular weight is 126 g/mol. The molecular formula is C7H10O2. The van der Waals surface area contributed by atoms with Crippen molar-refractivity contribution in [1.82, 2.24) is 0 Å². The van der Waals surface area contributed by atoms with Gasteiger partial charge in [0.15, 0.2) is 6.29 Å². The van der Waals surface area contributed by atoms with Crippen molar-refractivity contribution >= 4 is 0 Å². The van der Waals surface area contributed by atoms with Gasteiger partial charge in [-0.1, -0.05) is 18.7 Å². The largest absolute Gasteiger partial charge is 0.352 e. The summed E-state index contributed by atoms with van der Waals surface area (Å²) in [6.07, 6.45) is 3.53. The summed E-state index contributed by atoms with van der Waals surface area (Å²) in [6, 6.07) is 0. The summed E-state index contributed by atoms with van der Waals surface area (Å²) in [5, 5.41) is 0. The lowest BCUT2D eigenvalue weighted by Gasteiger charge is -2.07. The van der Waals surface area contributed by atoms with Crippen molar-refractivity contribution in [2.75, 3.05) is 13.7 Å². The van der Waals surface area contributed by atoms with Crippen LogP contribution in [0.2, 0.25) is 0 Å². The van der Waals surface area contributed by atoms with Crippen LogP contribution in [0.25, 0.3) is 0 Å². The number of hydrogen-bond acceptors (Lipinski definition) is 2. The van der Waals surface area contributed by atoms with E-state index in [1.807, 2.05) is 6.08 Å². The van der Waals surface area contributed by atoms with E-state index >= 15 is 0 Å². The van der Waals surface area contributed by atoms with Crippen molar-refractivity contribution in [1.29, 1.82) is 0 Å². The van der Waals surface area contributed by atoms with Crippen molar-refractivity contribution < 1.29 is 9.47 Å². The van der Waals surface area contributed by atoms with Crippen LogP contribution in [0.1, 0.15) is 0 Å². The monoisotopic (exact) mass is 126 g/mol. The third-order valence-corrected chi connectivity index (χ3v) is 1.29. The normalized spacial score (nSPS) is 25.9. The minimum absolute atomic E-state index is 0.178. The lowest BCUT2D eigenvalue weighted by Crippen LogP contribution is -2.10. The fraction of sp³-hybridized carbons (Fsp3) is 0.429. The number of ether oxygens (including phenoxy) is 2. The third-order valence-electron chi connectivity index (χ3n) is 1.29. The lowest BCUT2D eigenvalue weighted by molar-refractivity contribution is -0.0730. The molecule has 0 N–H and O–H groups in total. The Hall–Kier alpha value is -0.600. The van der Waals surface area contributed by atoms with E-state index in [0.29, 0.717) is 6.61 Å². The van der Waals surface area contributed by atoms with Crippen molar-refractivity contribution in [2.45, 2.75) is 6.29 Å². The van der Waals surface area contributed by atoms with Crippen LogP contribution in [-0.4, -0.2) is 20.0 Å². The molecule has 0 aromatic heterocycles. The Morgan fingerprint density at radius 1 is 2.00 bits per heavy atom. The van der Waals surface area contributed by atoms with Crippen molar-refractivity contribution in [3.63, 3.8) is 0 Å². The molecule has 1 rings (SSSR count). The summed E-state index contributed by atoms with van der Waals surface area (Å²) >= 11 is 0. The first kappa shape index (κ1) is 6.52. The standard InChI is InChI=1S/C7H10O2/c1-3-6-4-5-9-7(6)8-2/h3-4,7H,1,5H2,2H3. The fourth-order valence-electron chi connectivity index (χ4n) is 0.808. The predicted molar refractivity (Wildman–Crippen MR) is 35.0 cm³/mol. The highest BCUT2D eigenvalue weighted by molar-refractivity contribution is 5.21. The van der Waals surface area contributed by atoms with Gasteiger partial charge in [-0.2, -0.15) is 0 Å². The van der Waals surface area contributed by atoms with E-state index in [2.05, 4.69) is 6.58 Å². The van der Waals surface area contributed by atoms with Crippen molar-refractivity contribution in [3.05, 3.63) is 24.3 Å². The Labute approximate surface area is 54.8 Å². The quantitative estimate of drug-likeness (QED) is 0.551. The van der Waals surface area contributed by atoms with E-state index in [1.54, 1.807) is 13.2 Å². The second kappa shape index (κ2) is 2.80. The zero-order chi connectivity index (χ0) is 6.69. The summed E-state index contributed by atoms with van der Waals surface area (Å²) in [5.41, 5.74) is 1.03. The van der Waals surface area contributed by atoms with Crippen LogP contribution in [0, 0.1) is 0 Å². The molecule has 1 heterocycles. The summed E-state index contributed by atoms with van der Waals surface area (Å²) in [4.78, 5) is 0. The smallest absolute Gasteiger partial charge is 0.183 e. The van der Waals surface area contributed by atoms with Crippen LogP contribution in [-0.2, 0) is 9.47 Å². The molecule has 0 amide bonds. The molecule has 9 heavy (non-hydrogen) atoms. The average Bonchev–Trinajstić information content (AvgIpc) is 2.33. The molecule has 0 radical (unpaired) electrons. The molecule has 50 valence electrons. The van der Waals surface area contributed by atoms with Crippen LogP contribution in [0.5, 0.6) is 0 Å². The summed E-state index contributed by atoms with van der Waals surface area (Å²) in [7, 11) is 1.62. The maximum atomic E-state index is 5.12. The zero-order valence-electron chi connectivity index (χ0n) is 5.46. The van der Waals surface area contributed by atoms with Gasteiger partial charge >= 0.3 is 0 Å². The van der Waals surface area contributed by atoms with Crippen LogP contribution in [0.3, 0.4) is 0 Å². The lowest BCUT2D eigenvalue weighted by atomic mass is 10.3. The van der Waals surface area contributed by atoms with Gasteiger partial charge < -0.3 is 9.47 Å². The van der Waals surface area contributed by atoms with E-state index in [1.165, 1.54) is 0 Å². The highest BCUT2D eigenvalue weighted by Crippen LogP contribution is 2.14. The van der Waals surface area contributed by atoms with Crippen LogP contribution in [0.15, 0.2) is 24.3 Å². The first-order valence-electron chi connectivity index (χ1n) is 2.85. The van der Waals surface area contributed by atoms with Gasteiger partial charge in [-0.25, -0.2) is 0 Å². The highest BCUT2D eigenvalue weighted by atomic mass is 16.7. The minimum atomic E-state index is -0.178. The first-order chi connectivity index (χ1) is 4.38. The number of rotatable bonds is 2. The van der Waals surface area contributed by atoms with Crippen LogP contribution >= 0.6 is 0 Å². The van der Waals surface area contributed by atoms with Crippen molar-refractivity contribution in [2.24, 2.45) is 0 Å². The molecule has 0 aliphatic carbocycles. The van der Waals surface area contributed by atoms with Gasteiger partial charge in [-0.15, -0.1) is 0 Å². The second-order valence-electron chi connectivity index (χ2n) is 1.81. The van der Waals surface area contributed by atoms with E-state index in [9.17, 15) is 0 Å². The summed E-state index contributed by atoms with van der Waals surface area (Å²) in [5.74, 6) is 0. The molecule has 2 heteroatoms. The molecule has 1 aliphatic rings. The van der Waals surface area contributed by atoms with E-state index in [0.717, 1.165) is 5.57 Å². The molecular weight excluding hydrogens is 116 g/mol. The molecule has 1 aliphatic heterocycles. The fourth-order valence-corrected chi connectivity index (χ4v) is 0.808. The van der Waals surface area contributed by atoms with Crippen molar-refractivity contribution in [3.8, 4) is 0 Å². The van der Waals surface area contributed by atoms with Gasteiger partial charge in [0.25, 0.3) is 0 Å². The molecule has 0 aromatic carbocycles. The van der Waals surface area contributed by atoms with E-state index < -0.39 is 0 Å². The van der Waals surface area contributed by atoms with Gasteiger partial charge in [0.2, 0.25) is 0 Å². The Balaban J connectivity index is 2.56. The second-order valence-corrected chi connectivity index (χ2v) is 1.81. The molecule has 0 fully saturated rings. The number of hydrogen-bond donors (Lipinski definition) is 0. The molecule has 1 atom stereocenters.